The second-order valence-electron chi connectivity index (χ2n) is 5.22. The van der Waals surface area contributed by atoms with E-state index in [-0.39, 0.29) is 14.3 Å². The highest BCUT2D eigenvalue weighted by molar-refractivity contribution is 5.39. The molecule has 0 bridgehead atoms. The summed E-state index contributed by atoms with van der Waals surface area (Å²) in [7, 11) is 0. The summed E-state index contributed by atoms with van der Waals surface area (Å²) in [5, 5.41) is 3.48. The lowest BCUT2D eigenvalue weighted by Crippen LogP contribution is -2.33. The Morgan fingerprint density at radius 1 is 1.44 bits per heavy atom. The molecule has 0 saturated carbocycles. The molecule has 106 valence electrons. The summed E-state index contributed by atoms with van der Waals surface area (Å²) < 4.78 is 0. The van der Waals surface area contributed by atoms with Crippen molar-refractivity contribution in [2.45, 2.75) is 53.0 Å². The lowest BCUT2D eigenvalue weighted by molar-refractivity contribution is 0.465. The predicted molar refractivity (Wildman–Crippen MR) is 84.5 cm³/mol. The van der Waals surface area contributed by atoms with E-state index in [4.69, 9.17) is 5.73 Å². The fourth-order valence-corrected chi connectivity index (χ4v) is 2.55. The number of hydrogen-bond donors (Lipinski definition) is 2. The standard InChI is InChI=1S/C14H22N2.C2H6.2H2/c1-11(15)10-16-13-7-5-9-14(2)8-4-3-6-12(13)14;1-2;;/h4-5,7-8,11,16H,3,6,9-10,15H2,1-2H3;1-2H3;2*1H/t11-,14?;;;/m0.../s1. The average molecular weight is 252 g/mol. The Morgan fingerprint density at radius 2 is 2.17 bits per heavy atom. The summed E-state index contributed by atoms with van der Waals surface area (Å²) in [6, 6.07) is 0.203. The van der Waals surface area contributed by atoms with E-state index in [0.717, 1.165) is 13.0 Å². The molecule has 18 heavy (non-hydrogen) atoms. The predicted octanol–water partition coefficient (Wildman–Crippen LogP) is 4.01. The molecule has 2 atom stereocenters. The van der Waals surface area contributed by atoms with E-state index >= 15 is 0 Å². The van der Waals surface area contributed by atoms with Crippen molar-refractivity contribution in [3.05, 3.63) is 35.6 Å². The Morgan fingerprint density at radius 3 is 2.83 bits per heavy atom. The molecule has 0 aromatic heterocycles. The van der Waals surface area contributed by atoms with Gasteiger partial charge in [-0.15, -0.1) is 0 Å². The van der Waals surface area contributed by atoms with Gasteiger partial charge in [0.15, 0.2) is 0 Å². The van der Waals surface area contributed by atoms with E-state index in [0.29, 0.717) is 0 Å². The minimum atomic E-state index is 0. The van der Waals surface area contributed by atoms with E-state index in [1.165, 1.54) is 18.5 Å². The van der Waals surface area contributed by atoms with Crippen LogP contribution in [0.4, 0.5) is 0 Å². The highest BCUT2D eigenvalue weighted by Crippen LogP contribution is 2.43. The lowest BCUT2D eigenvalue weighted by atomic mass is 9.71. The molecular formula is C16H32N2. The van der Waals surface area contributed by atoms with Crippen LogP contribution in [-0.4, -0.2) is 12.6 Å². The third-order valence-electron chi connectivity index (χ3n) is 3.50. The Labute approximate surface area is 115 Å². The van der Waals surface area contributed by atoms with Crippen LogP contribution >= 0.6 is 0 Å². The Hall–Kier alpha value is -1.02. The third kappa shape index (κ3) is 3.49. The van der Waals surface area contributed by atoms with Crippen molar-refractivity contribution in [2.24, 2.45) is 11.1 Å². The average Bonchev–Trinajstić information content (AvgIpc) is 2.37. The maximum Gasteiger partial charge on any atom is 0.0338 e. The van der Waals surface area contributed by atoms with Crippen molar-refractivity contribution in [1.82, 2.24) is 5.32 Å². The lowest BCUT2D eigenvalue weighted by Gasteiger charge is -2.36. The van der Waals surface area contributed by atoms with Crippen LogP contribution in [-0.2, 0) is 0 Å². The monoisotopic (exact) mass is 252 g/mol. The van der Waals surface area contributed by atoms with Gasteiger partial charge in [-0.05, 0) is 37.8 Å². The van der Waals surface area contributed by atoms with Gasteiger partial charge in [0.1, 0.15) is 0 Å². The summed E-state index contributed by atoms with van der Waals surface area (Å²) in [5.41, 5.74) is 8.89. The van der Waals surface area contributed by atoms with E-state index in [1.807, 2.05) is 20.8 Å². The number of fused-ring (bicyclic) bond motifs is 1. The van der Waals surface area contributed by atoms with Crippen molar-refractivity contribution in [1.29, 1.82) is 0 Å². The first kappa shape index (κ1) is 15.0. The minimum Gasteiger partial charge on any atom is -0.384 e. The highest BCUT2D eigenvalue weighted by Gasteiger charge is 2.31. The molecule has 0 spiro atoms. The fraction of sp³-hybridized carbons (Fsp3) is 0.625. The largest absolute Gasteiger partial charge is 0.384 e. The molecular weight excluding hydrogens is 220 g/mol. The van der Waals surface area contributed by atoms with E-state index in [1.54, 1.807) is 5.57 Å². The first-order valence-corrected chi connectivity index (χ1v) is 7.19. The topological polar surface area (TPSA) is 38.0 Å². The summed E-state index contributed by atoms with van der Waals surface area (Å²) in [4.78, 5) is 0. The molecule has 3 N–H and O–H groups in total. The maximum atomic E-state index is 5.79. The Kier molecular flexibility index (Phi) is 5.67. The molecule has 0 aromatic carbocycles. The molecule has 2 aliphatic rings. The molecule has 2 nitrogen and oxygen atoms in total. The van der Waals surface area contributed by atoms with E-state index in [2.05, 4.69) is 36.5 Å². The summed E-state index contributed by atoms with van der Waals surface area (Å²) in [6.07, 6.45) is 12.6. The zero-order valence-corrected chi connectivity index (χ0v) is 12.3. The van der Waals surface area contributed by atoms with Crippen molar-refractivity contribution < 1.29 is 2.85 Å². The van der Waals surface area contributed by atoms with Crippen LogP contribution in [0.25, 0.3) is 0 Å². The van der Waals surface area contributed by atoms with Crippen LogP contribution in [0.3, 0.4) is 0 Å². The summed E-state index contributed by atoms with van der Waals surface area (Å²) in [5.74, 6) is 0. The molecule has 0 amide bonds. The van der Waals surface area contributed by atoms with E-state index < -0.39 is 0 Å². The Balaban J connectivity index is 0. The molecule has 2 rings (SSSR count). The molecule has 0 fully saturated rings. The van der Waals surface area contributed by atoms with Crippen molar-refractivity contribution >= 4 is 0 Å². The van der Waals surface area contributed by atoms with Gasteiger partial charge in [-0.1, -0.05) is 39.0 Å². The molecule has 0 aliphatic heterocycles. The second kappa shape index (κ2) is 6.79. The van der Waals surface area contributed by atoms with Crippen molar-refractivity contribution in [3.8, 4) is 0 Å². The first-order chi connectivity index (χ1) is 8.62. The first-order valence-electron chi connectivity index (χ1n) is 7.19. The van der Waals surface area contributed by atoms with Gasteiger partial charge in [0.25, 0.3) is 0 Å². The molecule has 0 heterocycles. The van der Waals surface area contributed by atoms with Crippen LogP contribution < -0.4 is 11.1 Å². The number of nitrogens with two attached hydrogens (primary N) is 1. The van der Waals surface area contributed by atoms with Gasteiger partial charge < -0.3 is 11.1 Å². The van der Waals surface area contributed by atoms with Gasteiger partial charge in [-0.25, -0.2) is 0 Å². The number of hydrogen-bond acceptors (Lipinski definition) is 2. The SMILES string of the molecule is CC.C[C@H](N)CNC1=C2CCC=CC2(C)CC=C1.[HH].[HH]. The van der Waals surface area contributed by atoms with Crippen LogP contribution in [0.5, 0.6) is 0 Å². The van der Waals surface area contributed by atoms with Gasteiger partial charge in [0.2, 0.25) is 0 Å². The van der Waals surface area contributed by atoms with Crippen LogP contribution in [0.1, 0.15) is 49.8 Å². The smallest absolute Gasteiger partial charge is 0.0338 e. The fourth-order valence-electron chi connectivity index (χ4n) is 2.55. The van der Waals surface area contributed by atoms with Crippen LogP contribution in [0.2, 0.25) is 0 Å². The molecule has 0 radical (unpaired) electrons. The molecule has 1 unspecified atom stereocenters. The third-order valence-corrected chi connectivity index (χ3v) is 3.50. The molecule has 2 aliphatic carbocycles. The number of allylic oxidation sites excluding steroid dienone is 5. The van der Waals surface area contributed by atoms with Gasteiger partial charge in [0, 0.05) is 26.6 Å². The van der Waals surface area contributed by atoms with Gasteiger partial charge in [-0.2, -0.15) is 0 Å². The van der Waals surface area contributed by atoms with Crippen molar-refractivity contribution in [2.75, 3.05) is 6.54 Å². The maximum absolute atomic E-state index is 5.79. The van der Waals surface area contributed by atoms with Crippen molar-refractivity contribution in [3.63, 3.8) is 0 Å². The highest BCUT2D eigenvalue weighted by atomic mass is 14.9. The number of nitrogens with one attached hydrogen (secondary N) is 1. The summed E-state index contributed by atoms with van der Waals surface area (Å²) in [6.45, 7) is 9.21. The molecule has 2 heteroatoms. The zero-order valence-electron chi connectivity index (χ0n) is 12.3. The van der Waals surface area contributed by atoms with Gasteiger partial charge in [-0.3, -0.25) is 0 Å². The quantitative estimate of drug-likeness (QED) is 0.745. The summed E-state index contributed by atoms with van der Waals surface area (Å²) >= 11 is 0. The van der Waals surface area contributed by atoms with Crippen LogP contribution in [0, 0.1) is 5.41 Å². The second-order valence-corrected chi connectivity index (χ2v) is 5.22. The normalized spacial score (nSPS) is 27.2. The molecule has 0 aromatic rings. The number of rotatable bonds is 3. The van der Waals surface area contributed by atoms with E-state index in [9.17, 15) is 0 Å². The Bertz CT molecular complexity index is 359. The van der Waals surface area contributed by atoms with Crippen LogP contribution in [0.15, 0.2) is 35.6 Å². The molecule has 0 saturated heterocycles. The van der Waals surface area contributed by atoms with Gasteiger partial charge >= 0.3 is 0 Å². The zero-order chi connectivity index (χ0) is 13.6. The minimum absolute atomic E-state index is 0. The van der Waals surface area contributed by atoms with Gasteiger partial charge in [0.05, 0.1) is 0 Å².